The maximum absolute atomic E-state index is 13.1. The fourth-order valence-corrected chi connectivity index (χ4v) is 6.51. The van der Waals surface area contributed by atoms with Crippen molar-refractivity contribution >= 4 is 15.9 Å². The average Bonchev–Trinajstić information content (AvgIpc) is 3.17. The molecule has 2 heterocycles. The molecule has 0 bridgehead atoms. The second-order valence-electron chi connectivity index (χ2n) is 8.19. The van der Waals surface area contributed by atoms with Gasteiger partial charge in [-0.15, -0.1) is 0 Å². The lowest BCUT2D eigenvalue weighted by molar-refractivity contribution is -0.137. The van der Waals surface area contributed by atoms with Crippen LogP contribution >= 0.6 is 0 Å². The lowest BCUT2D eigenvalue weighted by Gasteiger charge is -2.43. The molecule has 1 aromatic carbocycles. The van der Waals surface area contributed by atoms with Gasteiger partial charge in [0.05, 0.1) is 4.90 Å². The van der Waals surface area contributed by atoms with Crippen molar-refractivity contribution in [3.05, 3.63) is 29.3 Å². The lowest BCUT2D eigenvalue weighted by atomic mass is 9.99. The summed E-state index contributed by atoms with van der Waals surface area (Å²) >= 11 is 0. The number of carbonyl (C=O) groups is 1. The van der Waals surface area contributed by atoms with Crippen LogP contribution in [0, 0.1) is 0 Å². The molecule has 154 valence electrons. The number of nitrogens with zero attached hydrogens (tertiary/aromatic N) is 2. The summed E-state index contributed by atoms with van der Waals surface area (Å²) in [5, 5.41) is 0. The molecule has 0 N–H and O–H groups in total. The van der Waals surface area contributed by atoms with Crippen LogP contribution in [-0.4, -0.2) is 61.9 Å². The molecule has 0 saturated carbocycles. The van der Waals surface area contributed by atoms with Crippen LogP contribution in [0.3, 0.4) is 0 Å². The van der Waals surface area contributed by atoms with E-state index in [0.29, 0.717) is 44.0 Å². The molecule has 28 heavy (non-hydrogen) atoms. The van der Waals surface area contributed by atoms with E-state index in [-0.39, 0.29) is 18.0 Å². The summed E-state index contributed by atoms with van der Waals surface area (Å²) in [6.07, 6.45) is 6.26. The highest BCUT2D eigenvalue weighted by molar-refractivity contribution is 7.89. The summed E-state index contributed by atoms with van der Waals surface area (Å²) < 4.78 is 33.3. The molecule has 4 rings (SSSR count). The summed E-state index contributed by atoms with van der Waals surface area (Å²) in [5.74, 6) is 0.0897. The minimum absolute atomic E-state index is 0.0897. The standard InChI is InChI=1S/C21H30N2O4S/c1-16(24)23(20-9-13-27-14-10-20)19-7-11-22(12-8-19)28(25,26)21-6-5-17-3-2-4-18(17)15-21/h5-6,15,19-20H,2-4,7-14H2,1H3. The van der Waals surface area contributed by atoms with Crippen molar-refractivity contribution in [3.8, 4) is 0 Å². The number of hydrogen-bond acceptors (Lipinski definition) is 4. The van der Waals surface area contributed by atoms with Gasteiger partial charge in [-0.3, -0.25) is 4.79 Å². The van der Waals surface area contributed by atoms with E-state index >= 15 is 0 Å². The first kappa shape index (κ1) is 19.9. The summed E-state index contributed by atoms with van der Waals surface area (Å²) in [6.45, 7) is 3.96. The SMILES string of the molecule is CC(=O)N(C1CCOCC1)C1CCN(S(=O)(=O)c2ccc3c(c2)CCC3)CC1. The van der Waals surface area contributed by atoms with Crippen LogP contribution in [-0.2, 0) is 32.4 Å². The summed E-state index contributed by atoms with van der Waals surface area (Å²) in [5.41, 5.74) is 2.46. The number of amides is 1. The third-order valence-corrected chi connectivity index (χ3v) is 8.37. The van der Waals surface area contributed by atoms with Crippen LogP contribution in [0.2, 0.25) is 0 Å². The molecule has 0 atom stereocenters. The molecule has 2 saturated heterocycles. The largest absolute Gasteiger partial charge is 0.381 e. The van der Waals surface area contributed by atoms with Crippen molar-refractivity contribution in [1.82, 2.24) is 9.21 Å². The van der Waals surface area contributed by atoms with E-state index in [2.05, 4.69) is 0 Å². The molecule has 2 aliphatic heterocycles. The van der Waals surface area contributed by atoms with Crippen molar-refractivity contribution < 1.29 is 17.9 Å². The maximum atomic E-state index is 13.1. The molecule has 6 nitrogen and oxygen atoms in total. The molecule has 0 unspecified atom stereocenters. The topological polar surface area (TPSA) is 66.9 Å². The number of hydrogen-bond donors (Lipinski definition) is 0. The maximum Gasteiger partial charge on any atom is 0.243 e. The minimum atomic E-state index is -3.47. The fraction of sp³-hybridized carbons (Fsp3) is 0.667. The molecule has 0 radical (unpaired) electrons. The number of benzene rings is 1. The molecule has 7 heteroatoms. The van der Waals surface area contributed by atoms with E-state index in [1.54, 1.807) is 17.3 Å². The van der Waals surface area contributed by atoms with Crippen molar-refractivity contribution in [3.63, 3.8) is 0 Å². The van der Waals surface area contributed by atoms with Crippen LogP contribution in [0.1, 0.15) is 50.2 Å². The zero-order valence-electron chi connectivity index (χ0n) is 16.6. The number of ether oxygens (including phenoxy) is 1. The summed E-state index contributed by atoms with van der Waals surface area (Å²) in [6, 6.07) is 5.94. The van der Waals surface area contributed by atoms with Gasteiger partial charge >= 0.3 is 0 Å². The van der Waals surface area contributed by atoms with E-state index in [9.17, 15) is 13.2 Å². The number of piperidine rings is 1. The predicted molar refractivity (Wildman–Crippen MR) is 107 cm³/mol. The monoisotopic (exact) mass is 406 g/mol. The fourth-order valence-electron chi connectivity index (χ4n) is 4.99. The first-order valence-corrected chi connectivity index (χ1v) is 11.9. The van der Waals surface area contributed by atoms with E-state index in [1.165, 1.54) is 11.1 Å². The molecular formula is C21H30N2O4S. The van der Waals surface area contributed by atoms with Crippen LogP contribution in [0.25, 0.3) is 0 Å². The normalized spacial score (nSPS) is 22.2. The summed E-state index contributed by atoms with van der Waals surface area (Å²) in [7, 11) is -3.47. The van der Waals surface area contributed by atoms with Gasteiger partial charge in [0.15, 0.2) is 0 Å². The number of fused-ring (bicyclic) bond motifs is 1. The van der Waals surface area contributed by atoms with Gasteiger partial charge in [0.2, 0.25) is 15.9 Å². The van der Waals surface area contributed by atoms with Crippen molar-refractivity contribution in [2.45, 2.75) is 68.8 Å². The molecule has 1 aliphatic carbocycles. The Bertz CT molecular complexity index is 825. The smallest absolute Gasteiger partial charge is 0.243 e. The Balaban J connectivity index is 1.44. The first-order valence-electron chi connectivity index (χ1n) is 10.5. The molecule has 2 fully saturated rings. The number of sulfonamides is 1. The molecule has 3 aliphatic rings. The highest BCUT2D eigenvalue weighted by atomic mass is 32.2. The molecule has 0 aromatic heterocycles. The molecule has 1 aromatic rings. The highest BCUT2D eigenvalue weighted by Gasteiger charge is 2.36. The van der Waals surface area contributed by atoms with E-state index in [0.717, 1.165) is 32.1 Å². The number of aryl methyl sites for hydroxylation is 2. The van der Waals surface area contributed by atoms with Crippen LogP contribution in [0.4, 0.5) is 0 Å². The average molecular weight is 407 g/mol. The molecular weight excluding hydrogens is 376 g/mol. The third-order valence-electron chi connectivity index (χ3n) is 6.47. The van der Waals surface area contributed by atoms with Gasteiger partial charge in [0, 0.05) is 45.3 Å². The third kappa shape index (κ3) is 3.84. The number of carbonyl (C=O) groups excluding carboxylic acids is 1. The van der Waals surface area contributed by atoms with Crippen LogP contribution < -0.4 is 0 Å². The van der Waals surface area contributed by atoms with Crippen LogP contribution in [0.15, 0.2) is 23.1 Å². The minimum Gasteiger partial charge on any atom is -0.381 e. The second kappa shape index (κ2) is 8.13. The van der Waals surface area contributed by atoms with Gasteiger partial charge in [0.1, 0.15) is 0 Å². The summed E-state index contributed by atoms with van der Waals surface area (Å²) in [4.78, 5) is 14.7. The van der Waals surface area contributed by atoms with Gasteiger partial charge in [-0.05, 0) is 68.2 Å². The Morgan fingerprint density at radius 3 is 2.36 bits per heavy atom. The van der Waals surface area contributed by atoms with Gasteiger partial charge in [-0.25, -0.2) is 8.42 Å². The molecule has 1 amide bonds. The highest BCUT2D eigenvalue weighted by Crippen LogP contribution is 2.29. The molecule has 0 spiro atoms. The lowest BCUT2D eigenvalue weighted by Crippen LogP contribution is -2.53. The van der Waals surface area contributed by atoms with E-state index in [1.807, 2.05) is 17.0 Å². The zero-order chi connectivity index (χ0) is 19.7. The van der Waals surface area contributed by atoms with Crippen molar-refractivity contribution in [2.75, 3.05) is 26.3 Å². The first-order chi connectivity index (χ1) is 13.5. The van der Waals surface area contributed by atoms with E-state index in [4.69, 9.17) is 4.74 Å². The Hall–Kier alpha value is -1.44. The Kier molecular flexibility index (Phi) is 5.76. The Labute approximate surface area is 167 Å². The van der Waals surface area contributed by atoms with Gasteiger partial charge < -0.3 is 9.64 Å². The Morgan fingerprint density at radius 1 is 1.04 bits per heavy atom. The second-order valence-corrected chi connectivity index (χ2v) is 10.1. The van der Waals surface area contributed by atoms with Gasteiger partial charge in [-0.1, -0.05) is 6.07 Å². The van der Waals surface area contributed by atoms with Gasteiger partial charge in [-0.2, -0.15) is 4.31 Å². The Morgan fingerprint density at radius 2 is 1.68 bits per heavy atom. The number of rotatable bonds is 4. The van der Waals surface area contributed by atoms with E-state index < -0.39 is 10.0 Å². The van der Waals surface area contributed by atoms with Crippen molar-refractivity contribution in [1.29, 1.82) is 0 Å². The zero-order valence-corrected chi connectivity index (χ0v) is 17.4. The van der Waals surface area contributed by atoms with Crippen LogP contribution in [0.5, 0.6) is 0 Å². The quantitative estimate of drug-likeness (QED) is 0.770. The predicted octanol–water partition coefficient (Wildman–Crippen LogP) is 2.36. The van der Waals surface area contributed by atoms with Gasteiger partial charge in [0.25, 0.3) is 0 Å². The van der Waals surface area contributed by atoms with Crippen molar-refractivity contribution in [2.24, 2.45) is 0 Å².